The Hall–Kier alpha value is -1.07. The lowest BCUT2D eigenvalue weighted by Crippen LogP contribution is -2.04. The Bertz CT molecular complexity index is 463. The summed E-state index contributed by atoms with van der Waals surface area (Å²) in [5, 5.41) is 2.99. The molecule has 0 saturated carbocycles. The van der Waals surface area contributed by atoms with Gasteiger partial charge in [-0.25, -0.2) is 0 Å². The van der Waals surface area contributed by atoms with Gasteiger partial charge in [0.1, 0.15) is 0 Å². The number of nitrogens with one attached hydrogen (secondary N) is 1. The minimum Gasteiger partial charge on any atom is -0.285 e. The van der Waals surface area contributed by atoms with Crippen molar-refractivity contribution in [2.75, 3.05) is 6.54 Å². The van der Waals surface area contributed by atoms with Crippen molar-refractivity contribution in [3.8, 4) is 0 Å². The minimum absolute atomic E-state index is 0.411. The second kappa shape index (κ2) is 4.07. The molecule has 86 valence electrons. The van der Waals surface area contributed by atoms with Gasteiger partial charge < -0.3 is 0 Å². The predicted molar refractivity (Wildman–Crippen MR) is 60.5 cm³/mol. The molecule has 0 saturated heterocycles. The Morgan fingerprint density at radius 3 is 2.62 bits per heavy atom. The summed E-state index contributed by atoms with van der Waals surface area (Å²) in [5.41, 5.74) is 1.20. The van der Waals surface area contributed by atoms with Crippen LogP contribution in [0.3, 0.4) is 0 Å². The fourth-order valence-electron chi connectivity index (χ4n) is 1.44. The summed E-state index contributed by atoms with van der Waals surface area (Å²) in [4.78, 5) is 1.57. The molecule has 1 heterocycles. The van der Waals surface area contributed by atoms with Gasteiger partial charge in [0.15, 0.2) is 0 Å². The molecule has 1 atom stereocenters. The second-order valence-electron chi connectivity index (χ2n) is 3.40. The quantitative estimate of drug-likeness (QED) is 0.749. The van der Waals surface area contributed by atoms with Crippen molar-refractivity contribution in [2.24, 2.45) is 0 Å². The molecule has 0 aromatic heterocycles. The zero-order valence-corrected chi connectivity index (χ0v) is 9.16. The van der Waals surface area contributed by atoms with Gasteiger partial charge in [0.2, 0.25) is 0 Å². The van der Waals surface area contributed by atoms with E-state index in [-0.39, 0.29) is 0 Å². The molecule has 1 nitrogen and oxygen atoms in total. The van der Waals surface area contributed by atoms with E-state index in [1.165, 1.54) is 12.1 Å². The molecule has 0 fully saturated rings. The standard InChI is InChI=1S/C11H10F3NS/c1-8-6-15-7-16(8)10-4-2-3-9(5-10)11(12,13)14/h2-5,7,15H,1,6H2. The van der Waals surface area contributed by atoms with E-state index in [1.807, 2.05) is 0 Å². The molecule has 0 aliphatic carbocycles. The molecule has 0 spiro atoms. The number of benzene rings is 1. The Labute approximate surface area is 93.9 Å². The van der Waals surface area contributed by atoms with Crippen molar-refractivity contribution in [2.45, 2.75) is 11.1 Å². The van der Waals surface area contributed by atoms with Crippen LogP contribution in [0.25, 0.3) is 0 Å². The summed E-state index contributed by atoms with van der Waals surface area (Å²) in [6.45, 7) is 4.48. The minimum atomic E-state index is -4.28. The lowest BCUT2D eigenvalue weighted by molar-refractivity contribution is -0.137. The lowest BCUT2D eigenvalue weighted by Gasteiger charge is -2.10. The molecule has 1 aliphatic heterocycles. The summed E-state index contributed by atoms with van der Waals surface area (Å²) in [5.74, 6) is 0. The first-order valence-corrected chi connectivity index (χ1v) is 5.92. The highest BCUT2D eigenvalue weighted by atomic mass is 32.2. The lowest BCUT2D eigenvalue weighted by atomic mass is 10.2. The predicted octanol–water partition coefficient (Wildman–Crippen LogP) is 3.21. The highest BCUT2D eigenvalue weighted by Crippen LogP contribution is 2.38. The number of hydrogen-bond donors (Lipinski definition) is 1. The van der Waals surface area contributed by atoms with Gasteiger partial charge in [-0.2, -0.15) is 13.2 Å². The zero-order chi connectivity index (χ0) is 11.8. The zero-order valence-electron chi connectivity index (χ0n) is 8.34. The third kappa shape index (κ3) is 2.20. The van der Waals surface area contributed by atoms with Crippen LogP contribution in [0.15, 0.2) is 40.6 Å². The molecule has 2 rings (SSSR count). The van der Waals surface area contributed by atoms with Crippen LogP contribution in [-0.2, 0) is 6.18 Å². The molecule has 0 radical (unpaired) electrons. The smallest absolute Gasteiger partial charge is 0.285 e. The highest BCUT2D eigenvalue weighted by molar-refractivity contribution is 8.18. The monoisotopic (exact) mass is 245 g/mol. The van der Waals surface area contributed by atoms with E-state index in [1.54, 1.807) is 11.6 Å². The Balaban J connectivity index is 2.40. The van der Waals surface area contributed by atoms with Crippen LogP contribution in [0.4, 0.5) is 13.2 Å². The average molecular weight is 245 g/mol. The van der Waals surface area contributed by atoms with Crippen LogP contribution in [0.2, 0.25) is 0 Å². The summed E-state index contributed by atoms with van der Waals surface area (Å²) >= 11 is 0. The van der Waals surface area contributed by atoms with Gasteiger partial charge in [-0.3, -0.25) is 5.32 Å². The number of rotatable bonds is 1. The van der Waals surface area contributed by atoms with Gasteiger partial charge in [-0.1, -0.05) is 12.6 Å². The van der Waals surface area contributed by atoms with Gasteiger partial charge >= 0.3 is 6.18 Å². The van der Waals surface area contributed by atoms with Crippen molar-refractivity contribution in [1.29, 1.82) is 0 Å². The molecule has 1 aliphatic rings. The number of hydrogen-bond acceptors (Lipinski definition) is 1. The molecule has 5 heteroatoms. The molecule has 1 aromatic carbocycles. The first-order chi connectivity index (χ1) is 7.48. The van der Waals surface area contributed by atoms with Crippen molar-refractivity contribution < 1.29 is 13.2 Å². The molecular weight excluding hydrogens is 235 g/mol. The summed E-state index contributed by atoms with van der Waals surface area (Å²) in [6, 6.07) is 5.41. The van der Waals surface area contributed by atoms with Crippen molar-refractivity contribution >= 4 is 16.0 Å². The topological polar surface area (TPSA) is 12.0 Å². The molecular formula is C11H10F3NS. The maximum atomic E-state index is 12.5. The van der Waals surface area contributed by atoms with E-state index in [2.05, 4.69) is 11.9 Å². The van der Waals surface area contributed by atoms with Crippen LogP contribution in [0.1, 0.15) is 5.56 Å². The van der Waals surface area contributed by atoms with Crippen molar-refractivity contribution in [3.63, 3.8) is 0 Å². The van der Waals surface area contributed by atoms with Gasteiger partial charge in [-0.05, 0) is 23.1 Å². The van der Waals surface area contributed by atoms with Gasteiger partial charge in [0.25, 0.3) is 0 Å². The van der Waals surface area contributed by atoms with Crippen LogP contribution in [-0.4, -0.2) is 12.0 Å². The van der Waals surface area contributed by atoms with Crippen molar-refractivity contribution in [3.05, 3.63) is 41.3 Å². The summed E-state index contributed by atoms with van der Waals surface area (Å²) in [6.07, 6.45) is -4.28. The van der Waals surface area contributed by atoms with E-state index in [0.717, 1.165) is 11.0 Å². The normalized spacial score (nSPS) is 20.9. The molecule has 1 unspecified atom stereocenters. The largest absolute Gasteiger partial charge is 0.416 e. The first-order valence-electron chi connectivity index (χ1n) is 4.63. The maximum Gasteiger partial charge on any atom is 0.416 e. The van der Waals surface area contributed by atoms with Crippen LogP contribution < -0.4 is 5.32 Å². The summed E-state index contributed by atoms with van der Waals surface area (Å²) in [7, 11) is -0.411. The van der Waals surface area contributed by atoms with E-state index in [9.17, 15) is 13.2 Å². The van der Waals surface area contributed by atoms with E-state index in [4.69, 9.17) is 0 Å². The fourth-order valence-corrected chi connectivity index (χ4v) is 3.05. The fraction of sp³-hybridized carbons (Fsp3) is 0.182. The third-order valence-electron chi connectivity index (χ3n) is 2.23. The van der Waals surface area contributed by atoms with Gasteiger partial charge in [-0.15, -0.1) is 10.5 Å². The molecule has 1 aromatic rings. The molecule has 16 heavy (non-hydrogen) atoms. The van der Waals surface area contributed by atoms with Crippen LogP contribution in [0.5, 0.6) is 0 Å². The highest BCUT2D eigenvalue weighted by Gasteiger charge is 2.30. The van der Waals surface area contributed by atoms with E-state index < -0.39 is 22.2 Å². The van der Waals surface area contributed by atoms with Gasteiger partial charge in [0.05, 0.1) is 5.56 Å². The number of halogens is 3. The Morgan fingerprint density at radius 1 is 1.31 bits per heavy atom. The first kappa shape index (κ1) is 11.4. The molecule has 0 bridgehead atoms. The summed E-state index contributed by atoms with van der Waals surface area (Å²) < 4.78 is 37.5. The van der Waals surface area contributed by atoms with Gasteiger partial charge in [0, 0.05) is 16.9 Å². The molecule has 0 amide bonds. The molecule has 1 N–H and O–H groups in total. The Morgan fingerprint density at radius 2 is 2.06 bits per heavy atom. The average Bonchev–Trinajstić information content (AvgIpc) is 2.63. The second-order valence-corrected chi connectivity index (χ2v) is 5.36. The van der Waals surface area contributed by atoms with Crippen molar-refractivity contribution in [1.82, 2.24) is 5.32 Å². The van der Waals surface area contributed by atoms with E-state index in [0.29, 0.717) is 11.4 Å². The van der Waals surface area contributed by atoms with E-state index >= 15 is 0 Å². The number of alkyl halides is 3. The SMILES string of the molecule is C=C1CNC=S1c1cccc(C(F)(F)F)c1. The maximum absolute atomic E-state index is 12.5. The Kier molecular flexibility index (Phi) is 2.90. The van der Waals surface area contributed by atoms with Crippen LogP contribution >= 0.6 is 10.5 Å². The van der Waals surface area contributed by atoms with Crippen LogP contribution in [0, 0.1) is 0 Å². The third-order valence-corrected chi connectivity index (χ3v) is 4.16.